The van der Waals surface area contributed by atoms with E-state index in [0.29, 0.717) is 17.3 Å². The Hall–Kier alpha value is -1.47. The van der Waals surface area contributed by atoms with E-state index < -0.39 is 0 Å². The van der Waals surface area contributed by atoms with Crippen LogP contribution in [0.5, 0.6) is 5.88 Å². The SMILES string of the molecule is COc1nc(C)c(Br)c(C)c1-c1noc(CO)n1. The molecule has 0 saturated carbocycles. The number of rotatable bonds is 3. The van der Waals surface area contributed by atoms with E-state index in [-0.39, 0.29) is 12.5 Å². The van der Waals surface area contributed by atoms with Gasteiger partial charge in [0.25, 0.3) is 5.89 Å². The van der Waals surface area contributed by atoms with Gasteiger partial charge in [-0.25, -0.2) is 4.98 Å². The van der Waals surface area contributed by atoms with Gasteiger partial charge in [-0.15, -0.1) is 0 Å². The Morgan fingerprint density at radius 2 is 2.06 bits per heavy atom. The molecule has 0 unspecified atom stereocenters. The van der Waals surface area contributed by atoms with Crippen molar-refractivity contribution in [2.45, 2.75) is 20.5 Å². The average Bonchev–Trinajstić information content (AvgIpc) is 2.83. The van der Waals surface area contributed by atoms with Crippen molar-refractivity contribution >= 4 is 15.9 Å². The van der Waals surface area contributed by atoms with Gasteiger partial charge in [-0.2, -0.15) is 4.98 Å². The van der Waals surface area contributed by atoms with Gasteiger partial charge in [-0.3, -0.25) is 0 Å². The maximum Gasteiger partial charge on any atom is 0.252 e. The molecule has 0 aromatic carbocycles. The number of nitrogens with zero attached hydrogens (tertiary/aromatic N) is 3. The molecule has 0 atom stereocenters. The molecule has 0 aliphatic heterocycles. The Morgan fingerprint density at radius 3 is 2.61 bits per heavy atom. The highest BCUT2D eigenvalue weighted by molar-refractivity contribution is 9.10. The minimum atomic E-state index is -0.297. The van der Waals surface area contributed by atoms with Crippen LogP contribution in [-0.2, 0) is 6.61 Å². The van der Waals surface area contributed by atoms with Gasteiger partial charge >= 0.3 is 0 Å². The second kappa shape index (κ2) is 5.03. The van der Waals surface area contributed by atoms with Crippen LogP contribution in [-0.4, -0.2) is 27.3 Å². The van der Waals surface area contributed by atoms with E-state index in [2.05, 4.69) is 31.1 Å². The summed E-state index contributed by atoms with van der Waals surface area (Å²) in [5, 5.41) is 12.8. The molecule has 2 aromatic heterocycles. The monoisotopic (exact) mass is 313 g/mol. The number of pyridine rings is 1. The molecule has 0 radical (unpaired) electrons. The quantitative estimate of drug-likeness (QED) is 0.933. The Bertz CT molecular complexity index is 583. The van der Waals surface area contributed by atoms with Gasteiger partial charge in [0.05, 0.1) is 18.4 Å². The number of halogens is 1. The smallest absolute Gasteiger partial charge is 0.252 e. The van der Waals surface area contributed by atoms with Crippen LogP contribution in [0.25, 0.3) is 11.4 Å². The molecule has 0 spiro atoms. The van der Waals surface area contributed by atoms with Gasteiger partial charge in [0, 0.05) is 4.47 Å². The molecule has 2 aromatic rings. The number of aliphatic hydroxyl groups is 1. The molecule has 0 bridgehead atoms. The lowest BCUT2D eigenvalue weighted by atomic mass is 10.1. The van der Waals surface area contributed by atoms with Crippen LogP contribution in [0.2, 0.25) is 0 Å². The Kier molecular flexibility index (Phi) is 3.63. The molecule has 18 heavy (non-hydrogen) atoms. The van der Waals surface area contributed by atoms with Gasteiger partial charge in [0.15, 0.2) is 0 Å². The zero-order chi connectivity index (χ0) is 13.3. The van der Waals surface area contributed by atoms with Crippen molar-refractivity contribution in [3.8, 4) is 17.3 Å². The number of hydrogen-bond donors (Lipinski definition) is 1. The molecule has 2 heterocycles. The molecule has 0 fully saturated rings. The van der Waals surface area contributed by atoms with Crippen LogP contribution in [0, 0.1) is 13.8 Å². The number of aryl methyl sites for hydroxylation is 1. The van der Waals surface area contributed by atoms with Crippen LogP contribution >= 0.6 is 15.9 Å². The first-order valence-corrected chi connectivity index (χ1v) is 6.02. The van der Waals surface area contributed by atoms with Crippen molar-refractivity contribution in [2.24, 2.45) is 0 Å². The molecule has 1 N–H and O–H groups in total. The maximum atomic E-state index is 8.94. The number of methoxy groups -OCH3 is 1. The van der Waals surface area contributed by atoms with Gasteiger partial charge < -0.3 is 14.4 Å². The molecule has 6 nitrogen and oxygen atoms in total. The summed E-state index contributed by atoms with van der Waals surface area (Å²) in [6, 6.07) is 0. The number of ether oxygens (including phenoxy) is 1. The second-order valence-electron chi connectivity index (χ2n) is 3.69. The van der Waals surface area contributed by atoms with Crippen LogP contribution in [0.15, 0.2) is 9.00 Å². The van der Waals surface area contributed by atoms with E-state index in [4.69, 9.17) is 14.4 Å². The third-order valence-electron chi connectivity index (χ3n) is 2.53. The third-order valence-corrected chi connectivity index (χ3v) is 3.69. The highest BCUT2D eigenvalue weighted by Crippen LogP contribution is 2.35. The predicted octanol–water partition coefficient (Wildman–Crippen LogP) is 2.01. The van der Waals surface area contributed by atoms with Crippen LogP contribution < -0.4 is 4.74 Å². The van der Waals surface area contributed by atoms with Crippen LogP contribution in [0.3, 0.4) is 0 Å². The van der Waals surface area contributed by atoms with E-state index >= 15 is 0 Å². The van der Waals surface area contributed by atoms with Crippen molar-refractivity contribution < 1.29 is 14.4 Å². The van der Waals surface area contributed by atoms with Crippen molar-refractivity contribution in [1.82, 2.24) is 15.1 Å². The lowest BCUT2D eigenvalue weighted by molar-refractivity contribution is 0.222. The molecule has 0 saturated heterocycles. The fourth-order valence-corrected chi connectivity index (χ4v) is 1.92. The van der Waals surface area contributed by atoms with E-state index in [1.165, 1.54) is 7.11 Å². The number of aliphatic hydroxyl groups excluding tert-OH is 1. The van der Waals surface area contributed by atoms with E-state index in [1.54, 1.807) is 0 Å². The fourth-order valence-electron chi connectivity index (χ4n) is 1.63. The summed E-state index contributed by atoms with van der Waals surface area (Å²) >= 11 is 3.46. The first-order valence-electron chi connectivity index (χ1n) is 5.23. The molecule has 0 amide bonds. The molecule has 0 aliphatic carbocycles. The van der Waals surface area contributed by atoms with Crippen molar-refractivity contribution in [3.63, 3.8) is 0 Å². The van der Waals surface area contributed by atoms with Crippen molar-refractivity contribution in [1.29, 1.82) is 0 Å². The summed E-state index contributed by atoms with van der Waals surface area (Å²) in [6.07, 6.45) is 0. The molecule has 2 rings (SSSR count). The zero-order valence-electron chi connectivity index (χ0n) is 10.2. The minimum absolute atomic E-state index is 0.156. The van der Waals surface area contributed by atoms with Gasteiger partial charge in [-0.1, -0.05) is 5.16 Å². The fraction of sp³-hybridized carbons (Fsp3) is 0.364. The average molecular weight is 314 g/mol. The van der Waals surface area contributed by atoms with E-state index in [9.17, 15) is 0 Å². The van der Waals surface area contributed by atoms with Gasteiger partial charge in [0.2, 0.25) is 11.7 Å². The minimum Gasteiger partial charge on any atom is -0.480 e. The second-order valence-corrected chi connectivity index (χ2v) is 4.48. The lowest BCUT2D eigenvalue weighted by Gasteiger charge is -2.11. The molecule has 96 valence electrons. The lowest BCUT2D eigenvalue weighted by Crippen LogP contribution is -1.99. The maximum absolute atomic E-state index is 8.94. The van der Waals surface area contributed by atoms with E-state index in [0.717, 1.165) is 15.7 Å². The first kappa shape index (κ1) is 13.0. The summed E-state index contributed by atoms with van der Waals surface area (Å²) < 4.78 is 11.0. The summed E-state index contributed by atoms with van der Waals surface area (Å²) in [4.78, 5) is 8.38. The number of hydrogen-bond acceptors (Lipinski definition) is 6. The Labute approximate surface area is 112 Å². The molecular weight excluding hydrogens is 302 g/mol. The standard InChI is InChI=1S/C11H12BrN3O3/c1-5-8(10-14-7(4-16)18-15-10)11(17-3)13-6(2)9(5)12/h16H,4H2,1-3H3. The van der Waals surface area contributed by atoms with E-state index in [1.807, 2.05) is 13.8 Å². The normalized spacial score (nSPS) is 10.7. The van der Waals surface area contributed by atoms with Crippen LogP contribution in [0.1, 0.15) is 17.1 Å². The molecular formula is C11H12BrN3O3. The largest absolute Gasteiger partial charge is 0.480 e. The van der Waals surface area contributed by atoms with Crippen LogP contribution in [0.4, 0.5) is 0 Å². The highest BCUT2D eigenvalue weighted by atomic mass is 79.9. The summed E-state index contributed by atoms with van der Waals surface area (Å²) in [5.74, 6) is 0.934. The topological polar surface area (TPSA) is 81.3 Å². The molecule has 7 heteroatoms. The number of aromatic nitrogens is 3. The zero-order valence-corrected chi connectivity index (χ0v) is 11.8. The summed E-state index contributed by atoms with van der Waals surface area (Å²) in [7, 11) is 1.53. The summed E-state index contributed by atoms with van der Waals surface area (Å²) in [5.41, 5.74) is 2.38. The summed E-state index contributed by atoms with van der Waals surface area (Å²) in [6.45, 7) is 3.49. The van der Waals surface area contributed by atoms with Gasteiger partial charge in [-0.05, 0) is 35.3 Å². The van der Waals surface area contributed by atoms with Crippen molar-refractivity contribution in [2.75, 3.05) is 7.11 Å². The first-order chi connectivity index (χ1) is 8.58. The van der Waals surface area contributed by atoms with Crippen molar-refractivity contribution in [3.05, 3.63) is 21.6 Å². The Balaban J connectivity index is 2.65. The third kappa shape index (κ3) is 2.11. The van der Waals surface area contributed by atoms with Gasteiger partial charge in [0.1, 0.15) is 6.61 Å². The Morgan fingerprint density at radius 1 is 1.33 bits per heavy atom. The predicted molar refractivity (Wildman–Crippen MR) is 67.2 cm³/mol. The molecule has 0 aliphatic rings. The highest BCUT2D eigenvalue weighted by Gasteiger charge is 2.20.